The van der Waals surface area contributed by atoms with Gasteiger partial charge in [0.15, 0.2) is 11.5 Å². The number of hydrogen-bond acceptors (Lipinski definition) is 5. The second-order valence-electron chi connectivity index (χ2n) is 5.80. The van der Waals surface area contributed by atoms with Crippen LogP contribution in [-0.4, -0.2) is 29.0 Å². The third kappa shape index (κ3) is 3.03. The van der Waals surface area contributed by atoms with Gasteiger partial charge >= 0.3 is 0 Å². The molecule has 1 aliphatic rings. The molecule has 0 saturated heterocycles. The highest BCUT2D eigenvalue weighted by Gasteiger charge is 2.24. The van der Waals surface area contributed by atoms with Crippen LogP contribution in [0.25, 0.3) is 5.70 Å². The molecule has 0 radical (unpaired) electrons. The van der Waals surface area contributed by atoms with Crippen LogP contribution in [-0.2, 0) is 0 Å². The molecule has 1 N–H and O–H groups in total. The van der Waals surface area contributed by atoms with Crippen molar-refractivity contribution in [3.8, 4) is 11.5 Å². The molecule has 2 heterocycles. The minimum atomic E-state index is -0.0946. The number of nitrogens with zero attached hydrogens (tertiary/aromatic N) is 3. The van der Waals surface area contributed by atoms with E-state index in [1.807, 2.05) is 22.9 Å². The predicted octanol–water partition coefficient (Wildman–Crippen LogP) is 3.96. The van der Waals surface area contributed by atoms with Crippen molar-refractivity contribution in [3.63, 3.8) is 0 Å². The highest BCUT2D eigenvalue weighted by Crippen LogP contribution is 2.36. The van der Waals surface area contributed by atoms with Gasteiger partial charge < -0.3 is 14.8 Å². The lowest BCUT2D eigenvalue weighted by Gasteiger charge is -2.25. The number of methoxy groups -OCH3 is 2. The minimum Gasteiger partial charge on any atom is -0.493 e. The first-order valence-corrected chi connectivity index (χ1v) is 9.13. The quantitative estimate of drug-likeness (QED) is 0.598. The monoisotopic (exact) mass is 460 g/mol. The largest absolute Gasteiger partial charge is 0.493 e. The summed E-state index contributed by atoms with van der Waals surface area (Å²) in [5, 5.41) is 7.74. The Morgan fingerprint density at radius 2 is 1.81 bits per heavy atom. The van der Waals surface area contributed by atoms with Crippen molar-refractivity contribution < 1.29 is 9.47 Å². The van der Waals surface area contributed by atoms with E-state index in [1.165, 1.54) is 3.57 Å². The lowest BCUT2D eigenvalue weighted by molar-refractivity contribution is 0.354. The lowest BCUT2D eigenvalue weighted by atomic mass is 10.0. The van der Waals surface area contributed by atoms with Crippen molar-refractivity contribution in [2.75, 3.05) is 19.5 Å². The van der Waals surface area contributed by atoms with Crippen LogP contribution >= 0.6 is 22.6 Å². The first-order chi connectivity index (χ1) is 12.7. The summed E-state index contributed by atoms with van der Waals surface area (Å²) in [6.07, 6.45) is 3.70. The summed E-state index contributed by atoms with van der Waals surface area (Å²) in [7, 11) is 3.27. The van der Waals surface area contributed by atoms with Gasteiger partial charge in [0.2, 0.25) is 5.95 Å². The molecule has 0 fully saturated rings. The van der Waals surface area contributed by atoms with Crippen molar-refractivity contribution in [1.29, 1.82) is 0 Å². The Bertz CT molecular complexity index is 966. The number of aromatic nitrogens is 3. The van der Waals surface area contributed by atoms with E-state index in [2.05, 4.69) is 68.3 Å². The van der Waals surface area contributed by atoms with Gasteiger partial charge in [-0.15, -0.1) is 0 Å². The van der Waals surface area contributed by atoms with Crippen molar-refractivity contribution >= 4 is 34.2 Å². The first kappa shape index (κ1) is 16.9. The zero-order valence-electron chi connectivity index (χ0n) is 14.3. The number of hydrogen-bond donors (Lipinski definition) is 1. The predicted molar refractivity (Wildman–Crippen MR) is 108 cm³/mol. The molecule has 0 aliphatic carbocycles. The summed E-state index contributed by atoms with van der Waals surface area (Å²) in [4.78, 5) is 4.34. The standard InChI is InChI=1S/C19H17IN4O2/c1-25-17-8-5-13(9-18(17)26-2)16-10-15(12-3-6-14(20)7-4-12)23-19-21-11-22-24(16)19/h3-11,16H,1-2H3,(H,21,22,23)/t16-/m0/s1. The topological polar surface area (TPSA) is 61.2 Å². The molecule has 26 heavy (non-hydrogen) atoms. The zero-order chi connectivity index (χ0) is 18.1. The smallest absolute Gasteiger partial charge is 0.226 e. The van der Waals surface area contributed by atoms with Crippen molar-refractivity contribution in [1.82, 2.24) is 14.8 Å². The first-order valence-electron chi connectivity index (χ1n) is 8.06. The van der Waals surface area contributed by atoms with Gasteiger partial charge in [-0.2, -0.15) is 10.1 Å². The summed E-state index contributed by atoms with van der Waals surface area (Å²) in [5.41, 5.74) is 3.14. The molecule has 0 bridgehead atoms. The van der Waals surface area contributed by atoms with Crippen LogP contribution in [0.4, 0.5) is 5.95 Å². The van der Waals surface area contributed by atoms with E-state index in [-0.39, 0.29) is 6.04 Å². The molecule has 6 nitrogen and oxygen atoms in total. The average Bonchev–Trinajstić information content (AvgIpc) is 3.16. The van der Waals surface area contributed by atoms with E-state index >= 15 is 0 Å². The maximum atomic E-state index is 5.45. The summed E-state index contributed by atoms with van der Waals surface area (Å²) in [5.74, 6) is 2.10. The van der Waals surface area contributed by atoms with E-state index < -0.39 is 0 Å². The van der Waals surface area contributed by atoms with Crippen LogP contribution < -0.4 is 14.8 Å². The summed E-state index contributed by atoms with van der Waals surface area (Å²) < 4.78 is 13.9. The Kier molecular flexibility index (Phi) is 4.54. The van der Waals surface area contributed by atoms with Gasteiger partial charge in [0, 0.05) is 9.27 Å². The molecule has 4 rings (SSSR count). The van der Waals surface area contributed by atoms with E-state index in [9.17, 15) is 0 Å². The molecule has 0 spiro atoms. The molecule has 0 amide bonds. The van der Waals surface area contributed by atoms with Gasteiger partial charge in [0.1, 0.15) is 12.4 Å². The Labute approximate surface area is 165 Å². The fourth-order valence-corrected chi connectivity index (χ4v) is 3.37. The van der Waals surface area contributed by atoms with Gasteiger partial charge in [0.05, 0.1) is 14.2 Å². The minimum absolute atomic E-state index is 0.0946. The number of allylic oxidation sites excluding steroid dienone is 1. The molecule has 1 atom stereocenters. The molecule has 3 aromatic rings. The van der Waals surface area contributed by atoms with Crippen LogP contribution in [0, 0.1) is 3.57 Å². The average molecular weight is 460 g/mol. The van der Waals surface area contributed by atoms with Gasteiger partial charge in [-0.3, -0.25) is 0 Å². The van der Waals surface area contributed by atoms with Gasteiger partial charge in [-0.1, -0.05) is 18.2 Å². The van der Waals surface area contributed by atoms with Gasteiger partial charge in [-0.05, 0) is 64.1 Å². The number of ether oxygens (including phenoxy) is 2. The van der Waals surface area contributed by atoms with Crippen LogP contribution in [0.1, 0.15) is 17.2 Å². The van der Waals surface area contributed by atoms with E-state index in [4.69, 9.17) is 9.47 Å². The molecule has 7 heteroatoms. The number of halogens is 1. The molecule has 0 unspecified atom stereocenters. The SMILES string of the molecule is COc1ccc([C@@H]2C=C(c3ccc(I)cc3)Nc3ncnn32)cc1OC. The third-order valence-corrected chi connectivity index (χ3v) is 5.03. The van der Waals surface area contributed by atoms with E-state index in [1.54, 1.807) is 20.5 Å². The molecular formula is C19H17IN4O2. The Balaban J connectivity index is 1.80. The molecular weight excluding hydrogens is 443 g/mol. The van der Waals surface area contributed by atoms with Crippen molar-refractivity contribution in [3.05, 3.63) is 69.6 Å². The fourth-order valence-electron chi connectivity index (χ4n) is 3.01. The highest BCUT2D eigenvalue weighted by atomic mass is 127. The van der Waals surface area contributed by atoms with E-state index in [0.29, 0.717) is 17.4 Å². The molecule has 2 aromatic carbocycles. The number of nitrogens with one attached hydrogen (secondary N) is 1. The summed E-state index contributed by atoms with van der Waals surface area (Å²) >= 11 is 2.30. The molecule has 1 aliphatic heterocycles. The molecule has 1 aromatic heterocycles. The Hall–Kier alpha value is -2.55. The maximum Gasteiger partial charge on any atom is 0.226 e. The Morgan fingerprint density at radius 3 is 2.54 bits per heavy atom. The number of rotatable bonds is 4. The Morgan fingerprint density at radius 1 is 1.04 bits per heavy atom. The van der Waals surface area contributed by atoms with Crippen LogP contribution in [0.2, 0.25) is 0 Å². The van der Waals surface area contributed by atoms with Crippen LogP contribution in [0.15, 0.2) is 54.9 Å². The number of fused-ring (bicyclic) bond motifs is 1. The van der Waals surface area contributed by atoms with E-state index in [0.717, 1.165) is 16.8 Å². The highest BCUT2D eigenvalue weighted by molar-refractivity contribution is 14.1. The molecule has 0 saturated carbocycles. The van der Waals surface area contributed by atoms with Crippen molar-refractivity contribution in [2.24, 2.45) is 0 Å². The number of benzene rings is 2. The van der Waals surface area contributed by atoms with Gasteiger partial charge in [0.25, 0.3) is 0 Å². The van der Waals surface area contributed by atoms with Crippen molar-refractivity contribution in [2.45, 2.75) is 6.04 Å². The summed E-state index contributed by atoms with van der Waals surface area (Å²) in [6.45, 7) is 0. The second kappa shape index (κ2) is 6.99. The summed E-state index contributed by atoms with van der Waals surface area (Å²) in [6, 6.07) is 14.2. The zero-order valence-corrected chi connectivity index (χ0v) is 16.5. The third-order valence-electron chi connectivity index (χ3n) is 4.31. The van der Waals surface area contributed by atoms with Gasteiger partial charge in [-0.25, -0.2) is 4.68 Å². The fraction of sp³-hybridized carbons (Fsp3) is 0.158. The normalized spacial score (nSPS) is 15.7. The number of anilines is 1. The lowest BCUT2D eigenvalue weighted by Crippen LogP contribution is -2.20. The van der Waals surface area contributed by atoms with Crippen LogP contribution in [0.3, 0.4) is 0 Å². The maximum absolute atomic E-state index is 5.45. The second-order valence-corrected chi connectivity index (χ2v) is 7.05. The molecule has 132 valence electrons. The van der Waals surface area contributed by atoms with Crippen LogP contribution in [0.5, 0.6) is 11.5 Å².